The van der Waals surface area contributed by atoms with Crippen molar-refractivity contribution in [1.82, 2.24) is 30.0 Å². The van der Waals surface area contributed by atoms with Gasteiger partial charge < -0.3 is 0 Å². The Hall–Kier alpha value is -2.57. The molecule has 3 aromatic rings. The molecule has 7 nitrogen and oxygen atoms in total. The highest BCUT2D eigenvalue weighted by Crippen LogP contribution is 2.06. The molecule has 0 saturated heterocycles. The van der Waals surface area contributed by atoms with Crippen molar-refractivity contribution >= 4 is 10.8 Å². The van der Waals surface area contributed by atoms with E-state index in [-0.39, 0.29) is 5.56 Å². The second kappa shape index (κ2) is 4.97. The second-order valence-corrected chi connectivity index (χ2v) is 4.19. The Morgan fingerprint density at radius 2 is 2.05 bits per heavy atom. The summed E-state index contributed by atoms with van der Waals surface area (Å²) in [6.45, 7) is 1.21. The van der Waals surface area contributed by atoms with Crippen molar-refractivity contribution in [1.29, 1.82) is 0 Å². The van der Waals surface area contributed by atoms with E-state index in [1.165, 1.54) is 4.68 Å². The molecule has 0 radical (unpaired) electrons. The summed E-state index contributed by atoms with van der Waals surface area (Å²) < 4.78 is 3.11. The number of rotatable bonds is 4. The highest BCUT2D eigenvalue weighted by atomic mass is 16.1. The van der Waals surface area contributed by atoms with Gasteiger partial charge in [0, 0.05) is 18.5 Å². The van der Waals surface area contributed by atoms with E-state index < -0.39 is 0 Å². The predicted octanol–water partition coefficient (Wildman–Crippen LogP) is 0.473. The summed E-state index contributed by atoms with van der Waals surface area (Å²) in [7, 11) is 0. The summed E-state index contributed by atoms with van der Waals surface area (Å²) in [4.78, 5) is 12.2. The van der Waals surface area contributed by atoms with Crippen LogP contribution in [0.3, 0.4) is 0 Å². The molecule has 2 aromatic heterocycles. The van der Waals surface area contributed by atoms with Crippen LogP contribution in [0.4, 0.5) is 0 Å². The van der Waals surface area contributed by atoms with Gasteiger partial charge in [0.1, 0.15) is 6.33 Å². The molecule has 2 heterocycles. The fraction of sp³-hybridized carbons (Fsp3) is 0.250. The van der Waals surface area contributed by atoms with Gasteiger partial charge in [-0.15, -0.1) is 5.10 Å². The molecule has 7 heteroatoms. The van der Waals surface area contributed by atoms with Crippen molar-refractivity contribution in [2.24, 2.45) is 0 Å². The molecule has 3 rings (SSSR count). The van der Waals surface area contributed by atoms with Crippen LogP contribution in [0.25, 0.3) is 10.8 Å². The van der Waals surface area contributed by atoms with Gasteiger partial charge in [-0.1, -0.05) is 18.2 Å². The van der Waals surface area contributed by atoms with Crippen LogP contribution in [0.1, 0.15) is 6.42 Å². The molecule has 0 unspecified atom stereocenters. The van der Waals surface area contributed by atoms with Gasteiger partial charge in [0.05, 0.1) is 11.6 Å². The molecule has 96 valence electrons. The van der Waals surface area contributed by atoms with Crippen LogP contribution < -0.4 is 5.56 Å². The molecule has 0 N–H and O–H groups in total. The van der Waals surface area contributed by atoms with Crippen molar-refractivity contribution in [3.05, 3.63) is 47.1 Å². The number of aromatic nitrogens is 6. The van der Waals surface area contributed by atoms with E-state index in [1.54, 1.807) is 17.2 Å². The first-order chi connectivity index (χ1) is 9.34. The Labute approximate surface area is 108 Å². The number of fused-ring (bicyclic) bond motifs is 1. The SMILES string of the molecule is O=c1c2ccccc2cnn1CCCn1cnnn1. The number of tetrazole rings is 1. The summed E-state index contributed by atoms with van der Waals surface area (Å²) in [5.74, 6) is 0. The molecule has 0 spiro atoms. The molecule has 0 fully saturated rings. The zero-order valence-corrected chi connectivity index (χ0v) is 10.2. The Morgan fingerprint density at radius 1 is 1.16 bits per heavy atom. The molecule has 0 aliphatic heterocycles. The average Bonchev–Trinajstić information content (AvgIpc) is 2.95. The normalized spacial score (nSPS) is 10.9. The van der Waals surface area contributed by atoms with E-state index in [0.29, 0.717) is 18.5 Å². The first-order valence-electron chi connectivity index (χ1n) is 6.00. The molecule has 0 amide bonds. The van der Waals surface area contributed by atoms with Crippen molar-refractivity contribution in [2.45, 2.75) is 19.5 Å². The quantitative estimate of drug-likeness (QED) is 0.678. The van der Waals surface area contributed by atoms with Gasteiger partial charge in [0.25, 0.3) is 5.56 Å². The summed E-state index contributed by atoms with van der Waals surface area (Å²) in [6, 6.07) is 7.45. The lowest BCUT2D eigenvalue weighted by Crippen LogP contribution is -2.23. The molecular formula is C12H12N6O. The molecule has 0 atom stereocenters. The van der Waals surface area contributed by atoms with E-state index in [1.807, 2.05) is 24.3 Å². The second-order valence-electron chi connectivity index (χ2n) is 4.19. The van der Waals surface area contributed by atoms with Crippen LogP contribution in [0.15, 0.2) is 41.6 Å². The zero-order valence-electron chi connectivity index (χ0n) is 10.2. The summed E-state index contributed by atoms with van der Waals surface area (Å²) >= 11 is 0. The Kier molecular flexibility index (Phi) is 3.01. The Bertz CT molecular complexity index is 733. The maximum absolute atomic E-state index is 12.2. The topological polar surface area (TPSA) is 78.5 Å². The van der Waals surface area contributed by atoms with Crippen LogP contribution in [0.2, 0.25) is 0 Å². The van der Waals surface area contributed by atoms with Gasteiger partial charge in [0.15, 0.2) is 0 Å². The average molecular weight is 256 g/mol. The smallest absolute Gasteiger partial charge is 0.267 e. The Balaban J connectivity index is 1.78. The van der Waals surface area contributed by atoms with Gasteiger partial charge in [0.2, 0.25) is 0 Å². The molecular weight excluding hydrogens is 244 g/mol. The first kappa shape index (κ1) is 11.5. The molecule has 1 aromatic carbocycles. The predicted molar refractivity (Wildman–Crippen MR) is 68.4 cm³/mol. The van der Waals surface area contributed by atoms with Crippen LogP contribution in [0.5, 0.6) is 0 Å². The third kappa shape index (κ3) is 2.35. The molecule has 0 saturated carbocycles. The number of aryl methyl sites for hydroxylation is 2. The van der Waals surface area contributed by atoms with Crippen molar-refractivity contribution in [3.8, 4) is 0 Å². The summed E-state index contributed by atoms with van der Waals surface area (Å²) in [5, 5.41) is 16.6. The molecule has 0 bridgehead atoms. The third-order valence-corrected chi connectivity index (χ3v) is 2.91. The fourth-order valence-corrected chi connectivity index (χ4v) is 1.95. The van der Waals surface area contributed by atoms with Crippen molar-refractivity contribution < 1.29 is 0 Å². The van der Waals surface area contributed by atoms with E-state index in [4.69, 9.17) is 0 Å². The maximum Gasteiger partial charge on any atom is 0.274 e. The minimum Gasteiger partial charge on any atom is -0.267 e. The third-order valence-electron chi connectivity index (χ3n) is 2.91. The maximum atomic E-state index is 12.2. The first-order valence-corrected chi connectivity index (χ1v) is 6.00. The van der Waals surface area contributed by atoms with Crippen LogP contribution in [-0.2, 0) is 13.1 Å². The minimum atomic E-state index is -0.0604. The van der Waals surface area contributed by atoms with E-state index in [9.17, 15) is 4.79 Å². The zero-order chi connectivity index (χ0) is 13.1. The van der Waals surface area contributed by atoms with Gasteiger partial charge in [-0.25, -0.2) is 9.36 Å². The molecule has 0 aliphatic rings. The van der Waals surface area contributed by atoms with Crippen molar-refractivity contribution in [2.75, 3.05) is 0 Å². The Morgan fingerprint density at radius 3 is 2.89 bits per heavy atom. The van der Waals surface area contributed by atoms with Crippen LogP contribution in [-0.4, -0.2) is 30.0 Å². The lowest BCUT2D eigenvalue weighted by atomic mass is 10.2. The standard InChI is InChI=1S/C12H12N6O/c19-12-11-5-2-1-4-10(11)8-14-18(12)7-3-6-17-9-13-15-16-17/h1-2,4-5,8-9H,3,6-7H2. The number of benzene rings is 1. The van der Waals surface area contributed by atoms with Gasteiger partial charge in [-0.3, -0.25) is 4.79 Å². The van der Waals surface area contributed by atoms with E-state index in [0.717, 1.165) is 11.8 Å². The minimum absolute atomic E-state index is 0.0604. The molecule has 19 heavy (non-hydrogen) atoms. The van der Waals surface area contributed by atoms with Crippen molar-refractivity contribution in [3.63, 3.8) is 0 Å². The van der Waals surface area contributed by atoms with Crippen LogP contribution >= 0.6 is 0 Å². The summed E-state index contributed by atoms with van der Waals surface area (Å²) in [6.07, 6.45) is 4.01. The number of hydrogen-bond acceptors (Lipinski definition) is 5. The van der Waals surface area contributed by atoms with Gasteiger partial charge in [-0.2, -0.15) is 5.10 Å². The highest BCUT2D eigenvalue weighted by Gasteiger charge is 2.03. The van der Waals surface area contributed by atoms with E-state index >= 15 is 0 Å². The largest absolute Gasteiger partial charge is 0.274 e. The highest BCUT2D eigenvalue weighted by molar-refractivity contribution is 5.80. The van der Waals surface area contributed by atoms with Crippen LogP contribution in [0, 0.1) is 0 Å². The van der Waals surface area contributed by atoms with Gasteiger partial charge in [-0.05, 0) is 22.9 Å². The number of hydrogen-bond donors (Lipinski definition) is 0. The monoisotopic (exact) mass is 256 g/mol. The van der Waals surface area contributed by atoms with Gasteiger partial charge >= 0.3 is 0 Å². The molecule has 0 aliphatic carbocycles. The lowest BCUT2D eigenvalue weighted by Gasteiger charge is -2.05. The lowest BCUT2D eigenvalue weighted by molar-refractivity contribution is 0.481. The number of nitrogens with zero attached hydrogens (tertiary/aromatic N) is 6. The van der Waals surface area contributed by atoms with E-state index in [2.05, 4.69) is 20.6 Å². The fourth-order valence-electron chi connectivity index (χ4n) is 1.95. The summed E-state index contributed by atoms with van der Waals surface area (Å²) in [5.41, 5.74) is -0.0604.